The van der Waals surface area contributed by atoms with Crippen molar-refractivity contribution in [2.75, 3.05) is 11.1 Å². The molecule has 2 aromatic rings. The minimum Gasteiger partial charge on any atom is -0.478 e. The van der Waals surface area contributed by atoms with Crippen molar-refractivity contribution in [3.05, 3.63) is 53.3 Å². The Morgan fingerprint density at radius 3 is 2.65 bits per heavy atom. The van der Waals surface area contributed by atoms with Crippen LogP contribution in [0.3, 0.4) is 0 Å². The third-order valence-corrected chi connectivity index (χ3v) is 2.77. The lowest BCUT2D eigenvalue weighted by Crippen LogP contribution is -2.16. The summed E-state index contributed by atoms with van der Waals surface area (Å²) in [6.45, 7) is 1.66. The number of amides is 1. The van der Waals surface area contributed by atoms with E-state index in [1.54, 1.807) is 25.1 Å². The molecule has 20 heavy (non-hydrogen) atoms. The van der Waals surface area contributed by atoms with E-state index in [1.807, 2.05) is 0 Å². The monoisotopic (exact) mass is 271 g/mol. The summed E-state index contributed by atoms with van der Waals surface area (Å²) in [5, 5.41) is 11.6. The van der Waals surface area contributed by atoms with Crippen LogP contribution in [0.25, 0.3) is 0 Å². The van der Waals surface area contributed by atoms with Crippen LogP contribution in [-0.4, -0.2) is 22.0 Å². The molecule has 0 aliphatic carbocycles. The van der Waals surface area contributed by atoms with E-state index in [-0.39, 0.29) is 16.9 Å². The molecular weight excluding hydrogens is 258 g/mol. The van der Waals surface area contributed by atoms with Gasteiger partial charge in [0.1, 0.15) is 0 Å². The molecule has 0 aliphatic heterocycles. The van der Waals surface area contributed by atoms with Crippen LogP contribution in [0.15, 0.2) is 36.5 Å². The Labute approximate surface area is 115 Å². The van der Waals surface area contributed by atoms with E-state index in [0.29, 0.717) is 11.3 Å². The fourth-order valence-corrected chi connectivity index (χ4v) is 1.78. The second-order valence-electron chi connectivity index (χ2n) is 4.23. The Morgan fingerprint density at radius 2 is 2.05 bits per heavy atom. The number of carbonyl (C=O) groups is 2. The van der Waals surface area contributed by atoms with Crippen LogP contribution < -0.4 is 11.1 Å². The maximum atomic E-state index is 12.0. The van der Waals surface area contributed by atoms with E-state index in [0.717, 1.165) is 0 Å². The number of anilines is 2. The molecule has 0 aliphatic rings. The number of nitrogens with two attached hydrogens (primary N) is 1. The van der Waals surface area contributed by atoms with Crippen LogP contribution in [-0.2, 0) is 0 Å². The number of hydrogen-bond acceptors (Lipinski definition) is 4. The van der Waals surface area contributed by atoms with Crippen molar-refractivity contribution in [1.29, 1.82) is 0 Å². The van der Waals surface area contributed by atoms with Gasteiger partial charge in [-0.1, -0.05) is 0 Å². The zero-order valence-corrected chi connectivity index (χ0v) is 10.8. The largest absolute Gasteiger partial charge is 0.478 e. The van der Waals surface area contributed by atoms with Crippen molar-refractivity contribution in [3.8, 4) is 0 Å². The van der Waals surface area contributed by atoms with Gasteiger partial charge in [-0.2, -0.15) is 0 Å². The first-order valence-electron chi connectivity index (χ1n) is 5.85. The van der Waals surface area contributed by atoms with Gasteiger partial charge in [0.05, 0.1) is 11.3 Å². The Morgan fingerprint density at radius 1 is 1.30 bits per heavy atom. The van der Waals surface area contributed by atoms with Gasteiger partial charge < -0.3 is 16.2 Å². The van der Waals surface area contributed by atoms with E-state index in [9.17, 15) is 9.59 Å². The maximum absolute atomic E-state index is 12.0. The number of rotatable bonds is 3. The van der Waals surface area contributed by atoms with E-state index in [2.05, 4.69) is 10.3 Å². The molecule has 1 amide bonds. The first-order valence-corrected chi connectivity index (χ1v) is 5.85. The quantitative estimate of drug-likeness (QED) is 0.791. The fourth-order valence-electron chi connectivity index (χ4n) is 1.78. The van der Waals surface area contributed by atoms with Crippen molar-refractivity contribution in [2.24, 2.45) is 0 Å². The number of aromatic nitrogens is 1. The Kier molecular flexibility index (Phi) is 3.65. The zero-order valence-electron chi connectivity index (χ0n) is 10.8. The number of aromatic carboxylic acids is 1. The number of carbonyl (C=O) groups excluding carboxylic acids is 1. The highest BCUT2D eigenvalue weighted by Gasteiger charge is 2.12. The number of carboxylic acid groups (broad SMARTS) is 1. The molecule has 4 N–H and O–H groups in total. The van der Waals surface area contributed by atoms with Gasteiger partial charge >= 0.3 is 5.97 Å². The number of nitrogens with one attached hydrogen (secondary N) is 1. The lowest BCUT2D eigenvalue weighted by Gasteiger charge is -2.08. The van der Waals surface area contributed by atoms with Crippen molar-refractivity contribution < 1.29 is 14.7 Å². The van der Waals surface area contributed by atoms with Gasteiger partial charge in [-0.05, 0) is 42.8 Å². The van der Waals surface area contributed by atoms with Crippen molar-refractivity contribution in [3.63, 3.8) is 0 Å². The molecule has 6 heteroatoms. The molecule has 0 fully saturated rings. The van der Waals surface area contributed by atoms with E-state index in [1.165, 1.54) is 18.3 Å². The molecular formula is C14H13N3O3. The predicted molar refractivity (Wildman–Crippen MR) is 74.7 cm³/mol. The van der Waals surface area contributed by atoms with Crippen LogP contribution in [0.2, 0.25) is 0 Å². The molecule has 6 nitrogen and oxygen atoms in total. The van der Waals surface area contributed by atoms with Crippen LogP contribution in [0.1, 0.15) is 26.4 Å². The van der Waals surface area contributed by atoms with E-state index < -0.39 is 11.9 Å². The Hall–Kier alpha value is -2.89. The number of benzene rings is 1. The smallest absolute Gasteiger partial charge is 0.335 e. The average molecular weight is 271 g/mol. The molecule has 1 aromatic heterocycles. The van der Waals surface area contributed by atoms with Crippen molar-refractivity contribution in [2.45, 2.75) is 6.92 Å². The normalized spacial score (nSPS) is 10.1. The second kappa shape index (κ2) is 5.40. The van der Waals surface area contributed by atoms with Gasteiger partial charge in [0, 0.05) is 11.9 Å². The highest BCUT2D eigenvalue weighted by Crippen LogP contribution is 2.17. The third kappa shape index (κ3) is 2.74. The summed E-state index contributed by atoms with van der Waals surface area (Å²) in [5.74, 6) is -1.44. The number of pyridine rings is 1. The lowest BCUT2D eigenvalue weighted by molar-refractivity contribution is 0.0696. The lowest BCUT2D eigenvalue weighted by atomic mass is 10.1. The topological polar surface area (TPSA) is 105 Å². The summed E-state index contributed by atoms with van der Waals surface area (Å²) >= 11 is 0. The molecule has 102 valence electrons. The molecule has 0 spiro atoms. The molecule has 1 aromatic carbocycles. The van der Waals surface area contributed by atoms with Crippen LogP contribution in [0.5, 0.6) is 0 Å². The highest BCUT2D eigenvalue weighted by molar-refractivity contribution is 6.06. The highest BCUT2D eigenvalue weighted by atomic mass is 16.4. The number of nitrogens with zero attached hydrogens (tertiary/aromatic N) is 1. The average Bonchev–Trinajstić information content (AvgIpc) is 2.38. The van der Waals surface area contributed by atoms with Crippen LogP contribution in [0.4, 0.5) is 11.4 Å². The summed E-state index contributed by atoms with van der Waals surface area (Å²) < 4.78 is 0. The van der Waals surface area contributed by atoms with Gasteiger partial charge in [0.15, 0.2) is 5.69 Å². The maximum Gasteiger partial charge on any atom is 0.335 e. The molecule has 0 saturated heterocycles. The molecule has 0 saturated carbocycles. The minimum absolute atomic E-state index is 0.132. The van der Waals surface area contributed by atoms with Gasteiger partial charge in [-0.25, -0.2) is 9.78 Å². The van der Waals surface area contributed by atoms with Gasteiger partial charge in [-0.15, -0.1) is 0 Å². The van der Waals surface area contributed by atoms with E-state index in [4.69, 9.17) is 10.8 Å². The second-order valence-corrected chi connectivity index (χ2v) is 4.23. The van der Waals surface area contributed by atoms with Gasteiger partial charge in [-0.3, -0.25) is 4.79 Å². The SMILES string of the molecule is Cc1cc(NC(=O)c2ncccc2N)ccc1C(=O)O. The summed E-state index contributed by atoms with van der Waals surface area (Å²) in [6, 6.07) is 7.77. The molecule has 0 radical (unpaired) electrons. The summed E-state index contributed by atoms with van der Waals surface area (Å²) in [7, 11) is 0. The predicted octanol–water partition coefficient (Wildman–Crippen LogP) is 1.92. The standard InChI is InChI=1S/C14H13N3O3/c1-8-7-9(4-5-10(8)14(19)20)17-13(18)12-11(15)3-2-6-16-12/h2-7H,15H2,1H3,(H,17,18)(H,19,20). The number of nitrogen functional groups attached to an aromatic ring is 1. The van der Waals surface area contributed by atoms with Crippen LogP contribution in [0, 0.1) is 6.92 Å². The summed E-state index contributed by atoms with van der Waals surface area (Å²) in [6.07, 6.45) is 1.48. The minimum atomic E-state index is -1.01. The van der Waals surface area contributed by atoms with Gasteiger partial charge in [0.2, 0.25) is 0 Å². The number of carboxylic acids is 1. The molecule has 0 atom stereocenters. The number of hydrogen-bond donors (Lipinski definition) is 3. The number of aryl methyl sites for hydroxylation is 1. The molecule has 2 rings (SSSR count). The first-order chi connectivity index (χ1) is 9.49. The van der Waals surface area contributed by atoms with Crippen molar-refractivity contribution >= 4 is 23.3 Å². The van der Waals surface area contributed by atoms with Crippen molar-refractivity contribution in [1.82, 2.24) is 4.98 Å². The Balaban J connectivity index is 2.23. The first kappa shape index (κ1) is 13.5. The van der Waals surface area contributed by atoms with Crippen LogP contribution >= 0.6 is 0 Å². The molecule has 0 unspecified atom stereocenters. The van der Waals surface area contributed by atoms with E-state index >= 15 is 0 Å². The summed E-state index contributed by atoms with van der Waals surface area (Å²) in [5.41, 5.74) is 7.32. The Bertz CT molecular complexity index is 683. The third-order valence-electron chi connectivity index (χ3n) is 2.77. The van der Waals surface area contributed by atoms with Gasteiger partial charge in [0.25, 0.3) is 5.91 Å². The molecule has 1 heterocycles. The fraction of sp³-hybridized carbons (Fsp3) is 0.0714. The molecule has 0 bridgehead atoms. The summed E-state index contributed by atoms with van der Waals surface area (Å²) in [4.78, 5) is 26.8. The zero-order chi connectivity index (χ0) is 14.7.